The van der Waals surface area contributed by atoms with Crippen molar-refractivity contribution in [1.29, 1.82) is 0 Å². The van der Waals surface area contributed by atoms with E-state index in [4.69, 9.17) is 0 Å². The lowest BCUT2D eigenvalue weighted by molar-refractivity contribution is -0.129. The fourth-order valence-corrected chi connectivity index (χ4v) is 3.98. The third kappa shape index (κ3) is 7.70. The van der Waals surface area contributed by atoms with Crippen LogP contribution in [0.4, 0.5) is 4.39 Å². The van der Waals surface area contributed by atoms with Crippen LogP contribution in [-0.2, 0) is 24.1 Å². The van der Waals surface area contributed by atoms with Crippen LogP contribution in [0.15, 0.2) is 47.1 Å². The van der Waals surface area contributed by atoms with Gasteiger partial charge in [0.05, 0.1) is 0 Å². The number of nitrogens with zero attached hydrogens (tertiary/aromatic N) is 2. The average molecular weight is 457 g/mol. The minimum absolute atomic E-state index is 0.132. The number of hydrogen-bond donors (Lipinski definition) is 0. The summed E-state index contributed by atoms with van der Waals surface area (Å²) in [5.41, 5.74) is 4.18. The first-order valence-corrected chi connectivity index (χ1v) is 12.2. The maximum atomic E-state index is 13.3. The van der Waals surface area contributed by atoms with E-state index in [1.54, 1.807) is 24.2 Å². The summed E-state index contributed by atoms with van der Waals surface area (Å²) >= 11 is 1.02. The third-order valence-electron chi connectivity index (χ3n) is 5.51. The van der Waals surface area contributed by atoms with E-state index in [9.17, 15) is 9.18 Å². The van der Waals surface area contributed by atoms with Crippen molar-refractivity contribution in [1.82, 2.24) is 4.90 Å². The molecule has 0 aliphatic rings. The van der Waals surface area contributed by atoms with Gasteiger partial charge in [-0.15, -0.1) is 11.3 Å². The average Bonchev–Trinajstić information content (AvgIpc) is 3.14. The van der Waals surface area contributed by atoms with Crippen LogP contribution in [0.1, 0.15) is 69.5 Å². The maximum absolute atomic E-state index is 13.3. The van der Waals surface area contributed by atoms with E-state index in [1.165, 1.54) is 22.8 Å². The smallest absolute Gasteiger partial charge is 0.272 e. The van der Waals surface area contributed by atoms with Crippen LogP contribution in [0.5, 0.6) is 0 Å². The van der Waals surface area contributed by atoms with Crippen LogP contribution in [0.3, 0.4) is 0 Å². The van der Waals surface area contributed by atoms with Crippen molar-refractivity contribution >= 4 is 23.5 Å². The van der Waals surface area contributed by atoms with Gasteiger partial charge in [-0.25, -0.2) is 4.99 Å². The summed E-state index contributed by atoms with van der Waals surface area (Å²) in [5.74, 6) is 0.504. The van der Waals surface area contributed by atoms with Crippen molar-refractivity contribution in [2.24, 2.45) is 10.9 Å². The van der Waals surface area contributed by atoms with Crippen LogP contribution in [0.2, 0.25) is 0 Å². The molecule has 3 nitrogen and oxygen atoms in total. The Balaban J connectivity index is 2.21. The number of halogens is 1. The summed E-state index contributed by atoms with van der Waals surface area (Å²) in [6, 6.07) is 9.83. The fourth-order valence-electron chi connectivity index (χ4n) is 3.38. The highest BCUT2D eigenvalue weighted by molar-refractivity contribution is 7.12. The number of aryl methyl sites for hydroxylation is 2. The van der Waals surface area contributed by atoms with Crippen LogP contribution in [0.25, 0.3) is 0 Å². The Hall–Kier alpha value is -2.27. The van der Waals surface area contributed by atoms with E-state index >= 15 is 0 Å². The van der Waals surface area contributed by atoms with Gasteiger partial charge >= 0.3 is 0 Å². The summed E-state index contributed by atoms with van der Waals surface area (Å²) in [6.45, 7) is 12.7. The van der Waals surface area contributed by atoms with Crippen molar-refractivity contribution < 1.29 is 9.18 Å². The van der Waals surface area contributed by atoms with E-state index in [0.717, 1.165) is 30.6 Å². The molecule has 0 atom stereocenters. The largest absolute Gasteiger partial charge is 0.336 e. The molecule has 1 amide bonds. The molecule has 1 aromatic carbocycles. The van der Waals surface area contributed by atoms with Crippen LogP contribution >= 0.6 is 11.3 Å². The zero-order valence-electron chi connectivity index (χ0n) is 20.5. The zero-order chi connectivity index (χ0) is 23.9. The predicted molar refractivity (Wildman–Crippen MR) is 135 cm³/mol. The van der Waals surface area contributed by atoms with Crippen LogP contribution in [0, 0.1) is 11.0 Å². The molecule has 32 heavy (non-hydrogen) atoms. The highest BCUT2D eigenvalue weighted by Crippen LogP contribution is 2.20. The second-order valence-corrected chi connectivity index (χ2v) is 10.7. The minimum atomic E-state index is -0.316. The lowest BCUT2D eigenvalue weighted by atomic mass is 9.94. The molecule has 174 valence electrons. The van der Waals surface area contributed by atoms with E-state index in [1.807, 2.05) is 26.8 Å². The number of carbonyl (C=O) groups excluding carboxylic acids is 1. The number of allylic oxidation sites excluding steroid dienone is 1. The van der Waals surface area contributed by atoms with E-state index in [2.05, 4.69) is 44.0 Å². The highest BCUT2D eigenvalue weighted by atomic mass is 32.1. The van der Waals surface area contributed by atoms with Gasteiger partial charge < -0.3 is 4.90 Å². The fraction of sp³-hybridized carbons (Fsp3) is 0.481. The Kier molecular flexibility index (Phi) is 9.38. The molecule has 2 rings (SSSR count). The number of amides is 1. The number of likely N-dealkylation sites (N-methyl/N-ethyl adjacent to an activating group) is 1. The lowest BCUT2D eigenvalue weighted by Gasteiger charge is -2.32. The number of aliphatic imine (C=N–C) groups is 1. The van der Waals surface area contributed by atoms with Gasteiger partial charge in [-0.3, -0.25) is 4.79 Å². The molecule has 5 heteroatoms. The molecule has 0 saturated heterocycles. The Morgan fingerprint density at radius 3 is 2.47 bits per heavy atom. The molecule has 0 fully saturated rings. The van der Waals surface area contributed by atoms with E-state index in [0.29, 0.717) is 22.9 Å². The zero-order valence-corrected chi connectivity index (χ0v) is 21.4. The van der Waals surface area contributed by atoms with E-state index < -0.39 is 0 Å². The molecule has 0 saturated carbocycles. The molecule has 0 radical (unpaired) electrons. The number of rotatable bonds is 9. The summed E-state index contributed by atoms with van der Waals surface area (Å²) in [7, 11) is 1.79. The first-order valence-electron chi connectivity index (χ1n) is 11.4. The van der Waals surface area contributed by atoms with Crippen LogP contribution < -0.4 is 0 Å². The van der Waals surface area contributed by atoms with Crippen molar-refractivity contribution in [3.8, 4) is 0 Å². The van der Waals surface area contributed by atoms with Gasteiger partial charge in [0.2, 0.25) is 0 Å². The van der Waals surface area contributed by atoms with Crippen molar-refractivity contribution in [3.05, 3.63) is 68.8 Å². The minimum Gasteiger partial charge on any atom is -0.336 e. The number of hydrogen-bond acceptors (Lipinski definition) is 3. The van der Waals surface area contributed by atoms with Crippen LogP contribution in [-0.4, -0.2) is 29.6 Å². The number of carbonyl (C=O) groups is 1. The Labute approximate surface area is 197 Å². The molecule has 1 heterocycles. The maximum Gasteiger partial charge on any atom is 0.272 e. The molecule has 0 aliphatic heterocycles. The molecule has 0 spiro atoms. The predicted octanol–water partition coefficient (Wildman–Crippen LogP) is 6.84. The number of thiophene rings is 1. The molecule has 0 N–H and O–H groups in total. The first-order chi connectivity index (χ1) is 15.0. The number of benzene rings is 1. The van der Waals surface area contributed by atoms with Gasteiger partial charge in [0, 0.05) is 23.7 Å². The second-order valence-electron chi connectivity index (χ2n) is 9.62. The summed E-state index contributed by atoms with van der Waals surface area (Å²) in [5, 5.41) is -0.261. The normalized spacial score (nSPS) is 12.7. The summed E-state index contributed by atoms with van der Waals surface area (Å²) < 4.78 is 13.3. The molecule has 0 bridgehead atoms. The Bertz CT molecular complexity index is 966. The van der Waals surface area contributed by atoms with Crippen molar-refractivity contribution in [2.45, 2.75) is 72.8 Å². The van der Waals surface area contributed by atoms with Gasteiger partial charge in [0.1, 0.15) is 5.70 Å². The Morgan fingerprint density at radius 1 is 1.19 bits per heavy atom. The van der Waals surface area contributed by atoms with Gasteiger partial charge in [-0.05, 0) is 81.2 Å². The molecule has 0 aliphatic carbocycles. The monoisotopic (exact) mass is 456 g/mol. The summed E-state index contributed by atoms with van der Waals surface area (Å²) in [4.78, 5) is 19.9. The molecular weight excluding hydrogens is 419 g/mol. The Morgan fingerprint density at radius 2 is 1.91 bits per heavy atom. The standard InChI is InChI=1S/C27H37FN2OS/c1-8-21-17-20(12-13-22(21)16-19(2)3)10-9-11-24(26(31)30(7)27(4,5)6)29-18-23-14-15-25(28)32-23/h11-15,17-19H,8-10,16H2,1-7H3/b24-11+,29-18+. The summed E-state index contributed by atoms with van der Waals surface area (Å²) in [6.07, 6.45) is 7.14. The first kappa shape index (κ1) is 26.0. The van der Waals surface area contributed by atoms with Gasteiger partial charge in [-0.2, -0.15) is 4.39 Å². The third-order valence-corrected chi connectivity index (χ3v) is 6.31. The molecule has 1 aromatic heterocycles. The molecule has 0 unspecified atom stereocenters. The van der Waals surface area contributed by atoms with Crippen molar-refractivity contribution in [2.75, 3.05) is 7.05 Å². The quantitative estimate of drug-likeness (QED) is 0.300. The SMILES string of the molecule is CCc1cc(CC/C=C(/N=C/c2ccc(F)s2)C(=O)N(C)C(C)(C)C)ccc1CC(C)C. The van der Waals surface area contributed by atoms with Gasteiger partial charge in [0.15, 0.2) is 5.13 Å². The van der Waals surface area contributed by atoms with Gasteiger partial charge in [-0.1, -0.05) is 45.0 Å². The lowest BCUT2D eigenvalue weighted by Crippen LogP contribution is -2.43. The topological polar surface area (TPSA) is 32.7 Å². The molecule has 2 aromatic rings. The highest BCUT2D eigenvalue weighted by Gasteiger charge is 2.24. The second kappa shape index (κ2) is 11.6. The van der Waals surface area contributed by atoms with Crippen molar-refractivity contribution in [3.63, 3.8) is 0 Å². The molecular formula is C27H37FN2OS. The van der Waals surface area contributed by atoms with Gasteiger partial charge in [0.25, 0.3) is 5.91 Å². The van der Waals surface area contributed by atoms with E-state index in [-0.39, 0.29) is 16.6 Å².